The third kappa shape index (κ3) is 2.87. The van der Waals surface area contributed by atoms with E-state index in [9.17, 15) is 0 Å². The summed E-state index contributed by atoms with van der Waals surface area (Å²) in [5, 5.41) is 4.35. The van der Waals surface area contributed by atoms with E-state index < -0.39 is 0 Å². The molecule has 0 saturated heterocycles. The lowest BCUT2D eigenvalue weighted by atomic mass is 10.3. The number of nitrogens with zero attached hydrogens (tertiary/aromatic N) is 1. The van der Waals surface area contributed by atoms with Crippen molar-refractivity contribution in [1.29, 1.82) is 0 Å². The zero-order chi connectivity index (χ0) is 11.5. The molecule has 2 nitrogen and oxygen atoms in total. The van der Waals surface area contributed by atoms with Crippen LogP contribution in [0.15, 0.2) is 36.4 Å². The fraction of sp³-hybridized carbons (Fsp3) is 0.0833. The maximum atomic E-state index is 5.87. The molecule has 0 unspecified atom stereocenters. The molecule has 2 rings (SSSR count). The van der Waals surface area contributed by atoms with Crippen LogP contribution in [0.2, 0.25) is 10.2 Å². The fourth-order valence-corrected chi connectivity index (χ4v) is 1.76. The van der Waals surface area contributed by atoms with Gasteiger partial charge in [0.05, 0.1) is 0 Å². The van der Waals surface area contributed by atoms with Gasteiger partial charge < -0.3 is 5.32 Å². The highest BCUT2D eigenvalue weighted by atomic mass is 35.5. The number of hydrogen-bond donors (Lipinski definition) is 1. The number of hydrogen-bond acceptors (Lipinski definition) is 2. The van der Waals surface area contributed by atoms with Crippen LogP contribution in [-0.2, 0) is 0 Å². The number of rotatable bonds is 2. The van der Waals surface area contributed by atoms with Crippen LogP contribution < -0.4 is 5.32 Å². The molecule has 1 N–H and O–H groups in total. The molecule has 0 radical (unpaired) electrons. The summed E-state index contributed by atoms with van der Waals surface area (Å²) in [5.41, 5.74) is 2.00. The predicted octanol–water partition coefficient (Wildman–Crippen LogP) is 4.44. The Labute approximate surface area is 104 Å². The summed E-state index contributed by atoms with van der Waals surface area (Å²) < 4.78 is 0. The normalized spacial score (nSPS) is 10.2. The van der Waals surface area contributed by atoms with E-state index in [1.54, 1.807) is 0 Å². The first kappa shape index (κ1) is 11.2. The van der Waals surface area contributed by atoms with Crippen molar-refractivity contribution in [3.05, 3.63) is 52.1 Å². The summed E-state index contributed by atoms with van der Waals surface area (Å²) in [6.45, 7) is 1.97. The first-order valence-corrected chi connectivity index (χ1v) is 5.56. The number of benzene rings is 1. The Bertz CT molecular complexity index is 475. The summed E-state index contributed by atoms with van der Waals surface area (Å²) in [6.07, 6.45) is 0. The molecule has 16 heavy (non-hydrogen) atoms. The van der Waals surface area contributed by atoms with Gasteiger partial charge in [-0.25, -0.2) is 4.98 Å². The molecule has 1 heterocycles. The first-order chi connectivity index (χ1) is 7.63. The lowest BCUT2D eigenvalue weighted by Gasteiger charge is -2.06. The van der Waals surface area contributed by atoms with Crippen LogP contribution in [0.25, 0.3) is 0 Å². The van der Waals surface area contributed by atoms with Crippen LogP contribution in [-0.4, -0.2) is 4.98 Å². The molecule has 1 aromatic carbocycles. The van der Waals surface area contributed by atoms with Crippen molar-refractivity contribution < 1.29 is 0 Å². The van der Waals surface area contributed by atoms with E-state index in [1.165, 1.54) is 0 Å². The Morgan fingerprint density at radius 2 is 1.75 bits per heavy atom. The number of nitrogens with one attached hydrogen (secondary N) is 1. The third-order valence-corrected chi connectivity index (χ3v) is 2.50. The van der Waals surface area contributed by atoms with Crippen molar-refractivity contribution in [3.8, 4) is 0 Å². The van der Waals surface area contributed by atoms with Gasteiger partial charge in [-0.2, -0.15) is 0 Å². The fourth-order valence-electron chi connectivity index (χ4n) is 1.37. The standard InChI is InChI=1S/C12H10Cl2N2/c1-8-6-11(14)16-12(7-8)15-10-4-2-9(13)3-5-10/h2-7H,1H3,(H,15,16). The molecule has 0 fully saturated rings. The van der Waals surface area contributed by atoms with Gasteiger partial charge in [0.25, 0.3) is 0 Å². The highest BCUT2D eigenvalue weighted by Gasteiger charge is 1.99. The minimum absolute atomic E-state index is 0.483. The topological polar surface area (TPSA) is 24.9 Å². The van der Waals surface area contributed by atoms with Gasteiger partial charge in [0.15, 0.2) is 0 Å². The second-order valence-electron chi connectivity index (χ2n) is 3.48. The van der Waals surface area contributed by atoms with E-state index in [1.807, 2.05) is 43.3 Å². The van der Waals surface area contributed by atoms with Crippen LogP contribution >= 0.6 is 23.2 Å². The molecule has 0 spiro atoms. The predicted molar refractivity (Wildman–Crippen MR) is 68.7 cm³/mol. The molecule has 1 aromatic heterocycles. The summed E-state index contributed by atoms with van der Waals surface area (Å²) in [4.78, 5) is 4.17. The van der Waals surface area contributed by atoms with E-state index in [4.69, 9.17) is 23.2 Å². The third-order valence-electron chi connectivity index (χ3n) is 2.06. The lowest BCUT2D eigenvalue weighted by Crippen LogP contribution is -1.94. The Morgan fingerprint density at radius 1 is 1.06 bits per heavy atom. The molecule has 0 amide bonds. The second kappa shape index (κ2) is 4.73. The van der Waals surface area contributed by atoms with E-state index in [0.717, 1.165) is 17.1 Å². The van der Waals surface area contributed by atoms with Crippen molar-refractivity contribution >= 4 is 34.7 Å². The van der Waals surface area contributed by atoms with Crippen LogP contribution in [0.5, 0.6) is 0 Å². The van der Waals surface area contributed by atoms with Gasteiger partial charge in [-0.3, -0.25) is 0 Å². The summed E-state index contributed by atoms with van der Waals surface area (Å²) >= 11 is 11.7. The largest absolute Gasteiger partial charge is 0.340 e. The molecule has 2 aromatic rings. The minimum Gasteiger partial charge on any atom is -0.340 e. The van der Waals surface area contributed by atoms with Gasteiger partial charge in [-0.1, -0.05) is 23.2 Å². The highest BCUT2D eigenvalue weighted by Crippen LogP contribution is 2.20. The minimum atomic E-state index is 0.483. The summed E-state index contributed by atoms with van der Waals surface area (Å²) in [5.74, 6) is 0.729. The summed E-state index contributed by atoms with van der Waals surface area (Å²) in [7, 11) is 0. The number of pyridine rings is 1. The van der Waals surface area contributed by atoms with Crippen LogP contribution in [0.3, 0.4) is 0 Å². The van der Waals surface area contributed by atoms with Crippen molar-refractivity contribution in [2.24, 2.45) is 0 Å². The Balaban J connectivity index is 2.23. The number of aryl methyl sites for hydroxylation is 1. The Morgan fingerprint density at radius 3 is 2.38 bits per heavy atom. The number of aromatic nitrogens is 1. The number of anilines is 2. The molecule has 0 atom stereocenters. The SMILES string of the molecule is Cc1cc(Cl)nc(Nc2ccc(Cl)cc2)c1. The van der Waals surface area contributed by atoms with Crippen LogP contribution in [0.1, 0.15) is 5.56 Å². The Kier molecular flexibility index (Phi) is 3.32. The van der Waals surface area contributed by atoms with Crippen molar-refractivity contribution in [1.82, 2.24) is 4.98 Å². The first-order valence-electron chi connectivity index (χ1n) is 4.80. The van der Waals surface area contributed by atoms with E-state index in [2.05, 4.69) is 10.3 Å². The van der Waals surface area contributed by atoms with E-state index in [-0.39, 0.29) is 0 Å². The second-order valence-corrected chi connectivity index (χ2v) is 4.31. The van der Waals surface area contributed by atoms with Gasteiger partial charge in [0.1, 0.15) is 11.0 Å². The molecule has 0 aliphatic heterocycles. The number of halogens is 2. The maximum Gasteiger partial charge on any atom is 0.132 e. The van der Waals surface area contributed by atoms with Crippen molar-refractivity contribution in [3.63, 3.8) is 0 Å². The zero-order valence-corrected chi connectivity index (χ0v) is 10.2. The molecule has 0 bridgehead atoms. The average molecular weight is 253 g/mol. The molecule has 0 aliphatic carbocycles. The quantitative estimate of drug-likeness (QED) is 0.800. The van der Waals surface area contributed by atoms with Crippen LogP contribution in [0, 0.1) is 6.92 Å². The van der Waals surface area contributed by atoms with E-state index in [0.29, 0.717) is 10.2 Å². The van der Waals surface area contributed by atoms with Gasteiger partial charge in [-0.05, 0) is 48.9 Å². The summed E-state index contributed by atoms with van der Waals surface area (Å²) in [6, 6.07) is 11.2. The molecular formula is C12H10Cl2N2. The lowest BCUT2D eigenvalue weighted by molar-refractivity contribution is 1.27. The van der Waals surface area contributed by atoms with Crippen LogP contribution in [0.4, 0.5) is 11.5 Å². The molecule has 4 heteroatoms. The van der Waals surface area contributed by atoms with Gasteiger partial charge >= 0.3 is 0 Å². The average Bonchev–Trinajstić information content (AvgIpc) is 2.20. The van der Waals surface area contributed by atoms with Gasteiger partial charge in [0, 0.05) is 10.7 Å². The smallest absolute Gasteiger partial charge is 0.132 e. The highest BCUT2D eigenvalue weighted by molar-refractivity contribution is 6.30. The van der Waals surface area contributed by atoms with Crippen molar-refractivity contribution in [2.45, 2.75) is 6.92 Å². The zero-order valence-electron chi connectivity index (χ0n) is 8.67. The monoisotopic (exact) mass is 252 g/mol. The van der Waals surface area contributed by atoms with E-state index >= 15 is 0 Å². The molecule has 0 saturated carbocycles. The molecular weight excluding hydrogens is 243 g/mol. The molecule has 0 aliphatic rings. The van der Waals surface area contributed by atoms with Crippen molar-refractivity contribution in [2.75, 3.05) is 5.32 Å². The van der Waals surface area contributed by atoms with Gasteiger partial charge in [0.2, 0.25) is 0 Å². The molecule has 82 valence electrons. The maximum absolute atomic E-state index is 5.87. The Hall–Kier alpha value is -1.25. The van der Waals surface area contributed by atoms with Gasteiger partial charge in [-0.15, -0.1) is 0 Å².